The first kappa shape index (κ1) is 11.0. The number of fused-ring (bicyclic) bond motifs is 2. The van der Waals surface area contributed by atoms with Crippen molar-refractivity contribution in [3.8, 4) is 0 Å². The third-order valence-electron chi connectivity index (χ3n) is 3.62. The van der Waals surface area contributed by atoms with E-state index in [1.54, 1.807) is 0 Å². The number of rotatable bonds is 1. The molecule has 1 fully saturated rings. The summed E-state index contributed by atoms with van der Waals surface area (Å²) in [7, 11) is -0.198. The van der Waals surface area contributed by atoms with E-state index in [1.807, 2.05) is 0 Å². The fourth-order valence-corrected chi connectivity index (χ4v) is 2.66. The highest BCUT2D eigenvalue weighted by Gasteiger charge is 2.26. The summed E-state index contributed by atoms with van der Waals surface area (Å²) >= 11 is 0. The van der Waals surface area contributed by atoms with Gasteiger partial charge in [-0.25, -0.2) is 0 Å². The minimum atomic E-state index is -0.198. The molecule has 1 heterocycles. The number of hydrogen-bond donors (Lipinski definition) is 0. The van der Waals surface area contributed by atoms with E-state index < -0.39 is 0 Å². The van der Waals surface area contributed by atoms with E-state index in [-0.39, 0.29) is 7.12 Å². The molecule has 0 N–H and O–H groups in total. The van der Waals surface area contributed by atoms with Crippen LogP contribution >= 0.6 is 0 Å². The van der Waals surface area contributed by atoms with Crippen molar-refractivity contribution in [3.63, 3.8) is 0 Å². The summed E-state index contributed by atoms with van der Waals surface area (Å²) in [6.45, 7) is 1.36. The van der Waals surface area contributed by atoms with Gasteiger partial charge in [-0.2, -0.15) is 0 Å². The van der Waals surface area contributed by atoms with Gasteiger partial charge < -0.3 is 9.31 Å². The highest BCUT2D eigenvalue weighted by molar-refractivity contribution is 6.62. The monoisotopic (exact) mass is 248 g/mol. The average Bonchev–Trinajstić information content (AvgIpc) is 2.98. The summed E-state index contributed by atoms with van der Waals surface area (Å²) in [5.41, 5.74) is 1.10. The van der Waals surface area contributed by atoms with Crippen molar-refractivity contribution in [1.29, 1.82) is 0 Å². The maximum absolute atomic E-state index is 5.55. The molecule has 3 heteroatoms. The van der Waals surface area contributed by atoms with Crippen LogP contribution in [0.15, 0.2) is 54.6 Å². The van der Waals surface area contributed by atoms with E-state index in [9.17, 15) is 0 Å². The molecular weight excluding hydrogens is 235 g/mol. The van der Waals surface area contributed by atoms with Crippen LogP contribution in [0.25, 0.3) is 21.5 Å². The van der Waals surface area contributed by atoms with Gasteiger partial charge in [0.15, 0.2) is 0 Å². The van der Waals surface area contributed by atoms with Crippen LogP contribution in [-0.4, -0.2) is 20.3 Å². The van der Waals surface area contributed by atoms with Gasteiger partial charge in [-0.3, -0.25) is 0 Å². The normalized spacial score (nSPS) is 15.5. The Labute approximate surface area is 112 Å². The quantitative estimate of drug-likeness (QED) is 0.487. The maximum atomic E-state index is 5.55. The third-order valence-corrected chi connectivity index (χ3v) is 3.62. The van der Waals surface area contributed by atoms with E-state index in [0.717, 1.165) is 5.46 Å². The second-order valence-electron chi connectivity index (χ2n) is 4.88. The zero-order valence-corrected chi connectivity index (χ0v) is 10.5. The van der Waals surface area contributed by atoms with Crippen molar-refractivity contribution >= 4 is 34.1 Å². The Morgan fingerprint density at radius 1 is 0.684 bits per heavy atom. The fraction of sp³-hybridized carbons (Fsp3) is 0.125. The van der Waals surface area contributed by atoms with Crippen LogP contribution in [0.1, 0.15) is 0 Å². The van der Waals surface area contributed by atoms with Crippen LogP contribution in [-0.2, 0) is 9.31 Å². The van der Waals surface area contributed by atoms with Gasteiger partial charge >= 0.3 is 7.12 Å². The second-order valence-corrected chi connectivity index (χ2v) is 4.88. The van der Waals surface area contributed by atoms with Crippen molar-refractivity contribution in [1.82, 2.24) is 0 Å². The lowest BCUT2D eigenvalue weighted by Crippen LogP contribution is -2.31. The molecule has 0 radical (unpaired) electrons. The van der Waals surface area contributed by atoms with Gasteiger partial charge in [0, 0.05) is 0 Å². The van der Waals surface area contributed by atoms with Gasteiger partial charge in [-0.1, -0.05) is 42.5 Å². The predicted octanol–water partition coefficient (Wildman–Crippen LogP) is 2.74. The lowest BCUT2D eigenvalue weighted by Gasteiger charge is -2.07. The molecule has 19 heavy (non-hydrogen) atoms. The lowest BCUT2D eigenvalue weighted by molar-refractivity contribution is 0.365. The van der Waals surface area contributed by atoms with Crippen LogP contribution in [0, 0.1) is 0 Å². The molecule has 0 amide bonds. The van der Waals surface area contributed by atoms with Crippen LogP contribution in [0.3, 0.4) is 0 Å². The maximum Gasteiger partial charge on any atom is 0.494 e. The predicted molar refractivity (Wildman–Crippen MR) is 78.7 cm³/mol. The summed E-state index contributed by atoms with van der Waals surface area (Å²) in [6.07, 6.45) is 0. The average molecular weight is 248 g/mol. The largest absolute Gasteiger partial charge is 0.494 e. The zero-order valence-electron chi connectivity index (χ0n) is 10.5. The first-order chi connectivity index (χ1) is 9.40. The summed E-state index contributed by atoms with van der Waals surface area (Å²) in [6, 6.07) is 19.3. The third kappa shape index (κ3) is 1.91. The van der Waals surface area contributed by atoms with E-state index in [1.165, 1.54) is 21.5 Å². The molecule has 3 aromatic rings. The highest BCUT2D eigenvalue weighted by Crippen LogP contribution is 2.22. The molecule has 0 aromatic heterocycles. The van der Waals surface area contributed by atoms with Gasteiger partial charge in [0.1, 0.15) is 0 Å². The molecule has 0 unspecified atom stereocenters. The molecule has 2 nitrogen and oxygen atoms in total. The molecule has 0 bridgehead atoms. The van der Waals surface area contributed by atoms with Crippen LogP contribution in [0.2, 0.25) is 0 Å². The Morgan fingerprint density at radius 2 is 1.32 bits per heavy atom. The van der Waals surface area contributed by atoms with Crippen molar-refractivity contribution in [2.24, 2.45) is 0 Å². The van der Waals surface area contributed by atoms with Crippen LogP contribution < -0.4 is 5.46 Å². The summed E-state index contributed by atoms with van der Waals surface area (Å²) in [4.78, 5) is 0. The van der Waals surface area contributed by atoms with Crippen molar-refractivity contribution in [3.05, 3.63) is 54.6 Å². The molecule has 0 atom stereocenters. The van der Waals surface area contributed by atoms with E-state index in [0.29, 0.717) is 13.2 Å². The van der Waals surface area contributed by atoms with E-state index in [4.69, 9.17) is 9.31 Å². The minimum absolute atomic E-state index is 0.198. The molecule has 1 aliphatic heterocycles. The SMILES string of the molecule is c1ccc2cc3cc(B4OCCO4)ccc3cc2c1. The molecule has 4 rings (SSSR count). The Balaban J connectivity index is 1.89. The Morgan fingerprint density at radius 3 is 2.05 bits per heavy atom. The summed E-state index contributed by atoms with van der Waals surface area (Å²) < 4.78 is 11.1. The molecule has 0 saturated carbocycles. The summed E-state index contributed by atoms with van der Waals surface area (Å²) in [5.74, 6) is 0. The molecule has 0 spiro atoms. The van der Waals surface area contributed by atoms with Crippen LogP contribution in [0.4, 0.5) is 0 Å². The zero-order chi connectivity index (χ0) is 12.7. The van der Waals surface area contributed by atoms with Crippen LogP contribution in [0.5, 0.6) is 0 Å². The Bertz CT molecular complexity index is 748. The molecule has 0 aliphatic carbocycles. The van der Waals surface area contributed by atoms with Crippen molar-refractivity contribution < 1.29 is 9.31 Å². The molecule has 92 valence electrons. The number of hydrogen-bond acceptors (Lipinski definition) is 2. The molecule has 1 aliphatic rings. The van der Waals surface area contributed by atoms with Gasteiger partial charge in [0.05, 0.1) is 13.2 Å². The highest BCUT2D eigenvalue weighted by atomic mass is 16.6. The summed E-state index contributed by atoms with van der Waals surface area (Å²) in [5, 5.41) is 5.02. The Kier molecular flexibility index (Phi) is 2.54. The minimum Gasteiger partial charge on any atom is -0.405 e. The van der Waals surface area contributed by atoms with Crippen molar-refractivity contribution in [2.75, 3.05) is 13.2 Å². The Hall–Kier alpha value is -1.84. The first-order valence-electron chi connectivity index (χ1n) is 6.56. The smallest absolute Gasteiger partial charge is 0.405 e. The fourth-order valence-electron chi connectivity index (χ4n) is 2.66. The second kappa shape index (κ2) is 4.37. The topological polar surface area (TPSA) is 18.5 Å². The molecular formula is C16H13BO2. The molecule has 1 saturated heterocycles. The van der Waals surface area contributed by atoms with E-state index in [2.05, 4.69) is 54.6 Å². The van der Waals surface area contributed by atoms with Crippen molar-refractivity contribution in [2.45, 2.75) is 0 Å². The number of benzene rings is 3. The van der Waals surface area contributed by atoms with Gasteiger partial charge in [0.25, 0.3) is 0 Å². The van der Waals surface area contributed by atoms with Gasteiger partial charge in [-0.15, -0.1) is 0 Å². The molecule has 3 aromatic carbocycles. The van der Waals surface area contributed by atoms with E-state index >= 15 is 0 Å². The lowest BCUT2D eigenvalue weighted by atomic mass is 9.78. The standard InChI is InChI=1S/C16H13BO2/c1-2-4-13-10-15-11-16(17-18-7-8-19-17)6-5-14(15)9-12(13)3-1/h1-6,9-11H,7-8H2. The van der Waals surface area contributed by atoms with Gasteiger partial charge in [-0.05, 0) is 39.1 Å². The van der Waals surface area contributed by atoms with Gasteiger partial charge in [0.2, 0.25) is 0 Å². The first-order valence-corrected chi connectivity index (χ1v) is 6.56.